The van der Waals surface area contributed by atoms with E-state index >= 15 is 0 Å². The molecule has 0 aliphatic carbocycles. The van der Waals surface area contributed by atoms with Gasteiger partial charge in [0, 0.05) is 24.4 Å². The molecule has 0 bridgehead atoms. The highest BCUT2D eigenvalue weighted by atomic mass is 16.5. The Morgan fingerprint density at radius 1 is 1.50 bits per heavy atom. The Morgan fingerprint density at radius 2 is 2.22 bits per heavy atom. The third-order valence-corrected chi connectivity index (χ3v) is 2.95. The van der Waals surface area contributed by atoms with Crippen LogP contribution in [-0.4, -0.2) is 20.8 Å². The number of aromatic nitrogens is 3. The average Bonchev–Trinajstić information content (AvgIpc) is 2.87. The molecule has 96 valence electrons. The topological polar surface area (TPSA) is 73.0 Å². The van der Waals surface area contributed by atoms with Gasteiger partial charge in [-0.05, 0) is 20.8 Å². The lowest BCUT2D eigenvalue weighted by Crippen LogP contribution is -2.27. The molecule has 2 aromatic rings. The van der Waals surface area contributed by atoms with Gasteiger partial charge in [-0.3, -0.25) is 9.48 Å². The number of rotatable bonds is 3. The summed E-state index contributed by atoms with van der Waals surface area (Å²) in [6, 6.07) is 1.49. The third-order valence-electron chi connectivity index (χ3n) is 2.95. The Bertz CT molecular complexity index is 570. The molecule has 0 aliphatic heterocycles. The number of amides is 1. The maximum absolute atomic E-state index is 11.9. The summed E-state index contributed by atoms with van der Waals surface area (Å²) in [5.74, 6) is 0.368. The van der Waals surface area contributed by atoms with Gasteiger partial charge in [-0.1, -0.05) is 5.16 Å². The fourth-order valence-electron chi connectivity index (χ4n) is 1.76. The van der Waals surface area contributed by atoms with E-state index in [0.29, 0.717) is 11.5 Å². The molecule has 1 amide bonds. The van der Waals surface area contributed by atoms with E-state index in [4.69, 9.17) is 4.52 Å². The van der Waals surface area contributed by atoms with Crippen molar-refractivity contribution in [3.63, 3.8) is 0 Å². The quantitative estimate of drug-likeness (QED) is 0.893. The Balaban J connectivity index is 2.10. The molecule has 6 heteroatoms. The van der Waals surface area contributed by atoms with Crippen LogP contribution in [-0.2, 0) is 7.05 Å². The maximum Gasteiger partial charge on any atom is 0.273 e. The highest BCUT2D eigenvalue weighted by Crippen LogP contribution is 2.16. The zero-order chi connectivity index (χ0) is 13.3. The third kappa shape index (κ3) is 2.27. The van der Waals surface area contributed by atoms with Crippen molar-refractivity contribution in [2.75, 3.05) is 0 Å². The van der Waals surface area contributed by atoms with Crippen LogP contribution in [0.1, 0.15) is 40.5 Å². The van der Waals surface area contributed by atoms with Crippen LogP contribution in [0.25, 0.3) is 0 Å². The van der Waals surface area contributed by atoms with E-state index in [1.54, 1.807) is 23.9 Å². The number of carbonyl (C=O) groups excluding carboxylic acids is 1. The lowest BCUT2D eigenvalue weighted by atomic mass is 10.1. The van der Waals surface area contributed by atoms with E-state index in [1.807, 2.05) is 20.9 Å². The molecule has 6 nitrogen and oxygen atoms in total. The summed E-state index contributed by atoms with van der Waals surface area (Å²) in [5, 5.41) is 10.7. The Morgan fingerprint density at radius 3 is 2.72 bits per heavy atom. The SMILES string of the molecule is Cc1cc(C(=O)NC(C)c2cnn(C)c2C)no1. The molecule has 0 fully saturated rings. The van der Waals surface area contributed by atoms with Crippen LogP contribution in [0.3, 0.4) is 0 Å². The number of carbonyl (C=O) groups is 1. The highest BCUT2D eigenvalue weighted by molar-refractivity contribution is 5.92. The second-order valence-electron chi connectivity index (χ2n) is 4.33. The molecule has 0 aliphatic rings. The van der Waals surface area contributed by atoms with Crippen LogP contribution >= 0.6 is 0 Å². The molecule has 1 atom stereocenters. The lowest BCUT2D eigenvalue weighted by molar-refractivity contribution is 0.0930. The van der Waals surface area contributed by atoms with Crippen molar-refractivity contribution in [2.24, 2.45) is 7.05 Å². The van der Waals surface area contributed by atoms with Crippen molar-refractivity contribution >= 4 is 5.91 Å². The number of nitrogens with one attached hydrogen (secondary N) is 1. The molecule has 0 spiro atoms. The average molecular weight is 248 g/mol. The first-order valence-electron chi connectivity index (χ1n) is 5.71. The molecule has 2 heterocycles. The molecular formula is C12H16N4O2. The smallest absolute Gasteiger partial charge is 0.273 e. The van der Waals surface area contributed by atoms with Crippen molar-refractivity contribution in [3.05, 3.63) is 35.0 Å². The van der Waals surface area contributed by atoms with Gasteiger partial charge in [0.2, 0.25) is 0 Å². The Hall–Kier alpha value is -2.11. The largest absolute Gasteiger partial charge is 0.361 e. The minimum absolute atomic E-state index is 0.122. The van der Waals surface area contributed by atoms with Crippen LogP contribution in [0.2, 0.25) is 0 Å². The van der Waals surface area contributed by atoms with E-state index in [-0.39, 0.29) is 11.9 Å². The monoisotopic (exact) mass is 248 g/mol. The minimum Gasteiger partial charge on any atom is -0.361 e. The zero-order valence-electron chi connectivity index (χ0n) is 10.9. The number of hydrogen-bond donors (Lipinski definition) is 1. The predicted octanol–water partition coefficient (Wildman–Crippen LogP) is 1.52. The van der Waals surface area contributed by atoms with Crippen molar-refractivity contribution < 1.29 is 9.32 Å². The molecule has 2 aromatic heterocycles. The number of hydrogen-bond acceptors (Lipinski definition) is 4. The summed E-state index contributed by atoms with van der Waals surface area (Å²) < 4.78 is 6.65. The normalized spacial score (nSPS) is 12.4. The standard InChI is InChI=1S/C12H16N4O2/c1-7-5-11(15-18-7)12(17)14-8(2)10-6-13-16(4)9(10)3/h5-6,8H,1-4H3,(H,14,17). The van der Waals surface area contributed by atoms with E-state index < -0.39 is 0 Å². The summed E-state index contributed by atoms with van der Waals surface area (Å²) in [7, 11) is 1.87. The van der Waals surface area contributed by atoms with Gasteiger partial charge in [0.25, 0.3) is 5.91 Å². The second-order valence-corrected chi connectivity index (χ2v) is 4.33. The van der Waals surface area contributed by atoms with Crippen molar-refractivity contribution in [2.45, 2.75) is 26.8 Å². The molecule has 0 radical (unpaired) electrons. The Labute approximate surface area is 105 Å². The summed E-state index contributed by atoms with van der Waals surface area (Å²) in [6.07, 6.45) is 1.76. The van der Waals surface area contributed by atoms with E-state index in [0.717, 1.165) is 11.3 Å². The maximum atomic E-state index is 11.9. The fourth-order valence-corrected chi connectivity index (χ4v) is 1.76. The molecule has 0 saturated heterocycles. The first-order valence-corrected chi connectivity index (χ1v) is 5.71. The van der Waals surface area contributed by atoms with Crippen molar-refractivity contribution in [1.82, 2.24) is 20.3 Å². The summed E-state index contributed by atoms with van der Waals surface area (Å²) in [5.41, 5.74) is 2.31. The zero-order valence-corrected chi connectivity index (χ0v) is 10.9. The number of aryl methyl sites for hydroxylation is 2. The number of nitrogens with zero attached hydrogens (tertiary/aromatic N) is 3. The van der Waals surface area contributed by atoms with Gasteiger partial charge in [0.05, 0.1) is 12.2 Å². The summed E-state index contributed by atoms with van der Waals surface area (Å²) in [4.78, 5) is 11.9. The van der Waals surface area contributed by atoms with E-state index in [9.17, 15) is 4.79 Å². The fraction of sp³-hybridized carbons (Fsp3) is 0.417. The first-order chi connectivity index (χ1) is 8.49. The summed E-state index contributed by atoms with van der Waals surface area (Å²) in [6.45, 7) is 5.62. The van der Waals surface area contributed by atoms with Gasteiger partial charge in [0.15, 0.2) is 5.69 Å². The van der Waals surface area contributed by atoms with Crippen LogP contribution in [0, 0.1) is 13.8 Å². The molecule has 0 saturated carbocycles. The van der Waals surface area contributed by atoms with Crippen LogP contribution < -0.4 is 5.32 Å². The van der Waals surface area contributed by atoms with Gasteiger partial charge in [0.1, 0.15) is 5.76 Å². The van der Waals surface area contributed by atoms with Gasteiger partial charge in [-0.25, -0.2) is 0 Å². The molecule has 0 aromatic carbocycles. The van der Waals surface area contributed by atoms with Gasteiger partial charge in [-0.2, -0.15) is 5.10 Å². The minimum atomic E-state index is -0.248. The van der Waals surface area contributed by atoms with E-state index in [1.165, 1.54) is 0 Å². The molecule has 18 heavy (non-hydrogen) atoms. The lowest BCUT2D eigenvalue weighted by Gasteiger charge is -2.12. The molecular weight excluding hydrogens is 232 g/mol. The van der Waals surface area contributed by atoms with Crippen LogP contribution in [0.5, 0.6) is 0 Å². The first kappa shape index (κ1) is 12.3. The van der Waals surface area contributed by atoms with Crippen molar-refractivity contribution in [1.29, 1.82) is 0 Å². The predicted molar refractivity (Wildman–Crippen MR) is 65.1 cm³/mol. The summed E-state index contributed by atoms with van der Waals surface area (Å²) >= 11 is 0. The molecule has 1 N–H and O–H groups in total. The highest BCUT2D eigenvalue weighted by Gasteiger charge is 2.17. The van der Waals surface area contributed by atoms with E-state index in [2.05, 4.69) is 15.6 Å². The van der Waals surface area contributed by atoms with Crippen LogP contribution in [0.4, 0.5) is 0 Å². The van der Waals surface area contributed by atoms with Gasteiger partial charge < -0.3 is 9.84 Å². The van der Waals surface area contributed by atoms with Crippen molar-refractivity contribution in [3.8, 4) is 0 Å². The second kappa shape index (κ2) is 4.64. The van der Waals surface area contributed by atoms with Gasteiger partial charge >= 0.3 is 0 Å². The Kier molecular flexibility index (Phi) is 3.18. The molecule has 2 rings (SSSR count). The van der Waals surface area contributed by atoms with Crippen LogP contribution in [0.15, 0.2) is 16.8 Å². The molecule has 1 unspecified atom stereocenters. The van der Waals surface area contributed by atoms with Gasteiger partial charge in [-0.15, -0.1) is 0 Å².